The predicted octanol–water partition coefficient (Wildman–Crippen LogP) is 2.49. The highest BCUT2D eigenvalue weighted by molar-refractivity contribution is 5.74. The van der Waals surface area contributed by atoms with Crippen molar-refractivity contribution in [1.82, 2.24) is 15.5 Å². The molecule has 2 aliphatic rings. The molecule has 5 nitrogen and oxygen atoms in total. The van der Waals surface area contributed by atoms with E-state index in [9.17, 15) is 4.79 Å². The van der Waals surface area contributed by atoms with Crippen LogP contribution in [0.2, 0.25) is 0 Å². The van der Waals surface area contributed by atoms with Gasteiger partial charge in [0, 0.05) is 38.3 Å². The van der Waals surface area contributed by atoms with E-state index in [1.807, 2.05) is 6.07 Å². The van der Waals surface area contributed by atoms with Crippen LogP contribution in [-0.4, -0.2) is 55.2 Å². The SMILES string of the molecule is CC(=O)N(C1CCNCC1)[C@@H](CNC1(C)CCOCC1)c1ccccc1. The van der Waals surface area contributed by atoms with Gasteiger partial charge in [-0.15, -0.1) is 0 Å². The predicted molar refractivity (Wildman–Crippen MR) is 104 cm³/mol. The quantitative estimate of drug-likeness (QED) is 0.819. The second-order valence-electron chi connectivity index (χ2n) is 7.89. The van der Waals surface area contributed by atoms with Crippen LogP contribution < -0.4 is 10.6 Å². The van der Waals surface area contributed by atoms with Crippen molar-refractivity contribution < 1.29 is 9.53 Å². The van der Waals surface area contributed by atoms with Crippen molar-refractivity contribution in [2.45, 2.75) is 57.2 Å². The maximum Gasteiger partial charge on any atom is 0.220 e. The second-order valence-corrected chi connectivity index (χ2v) is 7.89. The normalized spacial score (nSPS) is 21.9. The van der Waals surface area contributed by atoms with Crippen LogP contribution in [0, 0.1) is 0 Å². The molecule has 3 rings (SSSR count). The molecule has 0 bridgehead atoms. The van der Waals surface area contributed by atoms with Gasteiger partial charge in [-0.05, 0) is 51.3 Å². The molecule has 0 aromatic heterocycles. The third-order valence-corrected chi connectivity index (χ3v) is 5.90. The minimum atomic E-state index is 0.0662. The number of hydrogen-bond donors (Lipinski definition) is 2. The first kappa shape index (κ1) is 19.3. The Morgan fingerprint density at radius 1 is 1.27 bits per heavy atom. The Kier molecular flexibility index (Phi) is 6.68. The van der Waals surface area contributed by atoms with Gasteiger partial charge in [0.2, 0.25) is 5.91 Å². The van der Waals surface area contributed by atoms with E-state index in [-0.39, 0.29) is 17.5 Å². The van der Waals surface area contributed by atoms with Crippen molar-refractivity contribution in [3.05, 3.63) is 35.9 Å². The van der Waals surface area contributed by atoms with Gasteiger partial charge < -0.3 is 20.3 Å². The minimum Gasteiger partial charge on any atom is -0.381 e. The van der Waals surface area contributed by atoms with E-state index < -0.39 is 0 Å². The van der Waals surface area contributed by atoms with Gasteiger partial charge >= 0.3 is 0 Å². The van der Waals surface area contributed by atoms with E-state index in [2.05, 4.69) is 46.7 Å². The van der Waals surface area contributed by atoms with Crippen LogP contribution in [0.15, 0.2) is 30.3 Å². The molecule has 1 aromatic carbocycles. The van der Waals surface area contributed by atoms with Gasteiger partial charge in [0.05, 0.1) is 6.04 Å². The summed E-state index contributed by atoms with van der Waals surface area (Å²) in [6.45, 7) is 8.36. The fraction of sp³-hybridized carbons (Fsp3) is 0.667. The first-order chi connectivity index (χ1) is 12.6. The average molecular weight is 360 g/mol. The van der Waals surface area contributed by atoms with Crippen molar-refractivity contribution in [3.63, 3.8) is 0 Å². The van der Waals surface area contributed by atoms with E-state index in [1.54, 1.807) is 6.92 Å². The third kappa shape index (κ3) is 4.84. The maximum absolute atomic E-state index is 12.6. The number of ether oxygens (including phenoxy) is 1. The number of rotatable bonds is 6. The Morgan fingerprint density at radius 3 is 2.54 bits per heavy atom. The Hall–Kier alpha value is -1.43. The Bertz CT molecular complexity index is 566. The lowest BCUT2D eigenvalue weighted by molar-refractivity contribution is -0.134. The van der Waals surface area contributed by atoms with Crippen molar-refractivity contribution in [1.29, 1.82) is 0 Å². The van der Waals surface area contributed by atoms with Gasteiger partial charge in [0.1, 0.15) is 0 Å². The van der Waals surface area contributed by atoms with E-state index in [0.29, 0.717) is 6.04 Å². The highest BCUT2D eigenvalue weighted by Gasteiger charge is 2.33. The summed E-state index contributed by atoms with van der Waals surface area (Å²) in [5.41, 5.74) is 1.30. The van der Waals surface area contributed by atoms with Crippen molar-refractivity contribution in [3.8, 4) is 0 Å². The number of nitrogens with one attached hydrogen (secondary N) is 2. The monoisotopic (exact) mass is 359 g/mol. The number of nitrogens with zero attached hydrogens (tertiary/aromatic N) is 1. The van der Waals surface area contributed by atoms with Gasteiger partial charge in [-0.1, -0.05) is 30.3 Å². The van der Waals surface area contributed by atoms with Crippen LogP contribution in [0.4, 0.5) is 0 Å². The number of carbonyl (C=O) groups is 1. The van der Waals surface area contributed by atoms with Crippen LogP contribution in [0.5, 0.6) is 0 Å². The number of amides is 1. The summed E-state index contributed by atoms with van der Waals surface area (Å²) in [5, 5.41) is 7.19. The van der Waals surface area contributed by atoms with Gasteiger partial charge in [0.15, 0.2) is 0 Å². The molecule has 2 fully saturated rings. The minimum absolute atomic E-state index is 0.0662. The molecular weight excluding hydrogens is 326 g/mol. The van der Waals surface area contributed by atoms with Crippen molar-refractivity contribution in [2.75, 3.05) is 32.8 Å². The number of hydrogen-bond acceptors (Lipinski definition) is 4. The summed E-state index contributed by atoms with van der Waals surface area (Å²) in [4.78, 5) is 14.8. The second kappa shape index (κ2) is 8.98. The largest absolute Gasteiger partial charge is 0.381 e. The molecule has 2 saturated heterocycles. The summed E-state index contributed by atoms with van der Waals surface area (Å²) in [6, 6.07) is 10.8. The Labute approximate surface area is 157 Å². The fourth-order valence-corrected chi connectivity index (χ4v) is 4.21. The lowest BCUT2D eigenvalue weighted by Gasteiger charge is -2.42. The maximum atomic E-state index is 12.6. The summed E-state index contributed by atoms with van der Waals surface area (Å²) in [6.07, 6.45) is 4.08. The molecule has 1 amide bonds. The van der Waals surface area contributed by atoms with Crippen LogP contribution in [0.3, 0.4) is 0 Å². The first-order valence-electron chi connectivity index (χ1n) is 9.96. The molecule has 2 heterocycles. The van der Waals surface area contributed by atoms with Crippen molar-refractivity contribution in [2.24, 2.45) is 0 Å². The van der Waals surface area contributed by atoms with Gasteiger partial charge in [-0.3, -0.25) is 4.79 Å². The molecule has 0 spiro atoms. The molecule has 0 saturated carbocycles. The fourth-order valence-electron chi connectivity index (χ4n) is 4.21. The smallest absolute Gasteiger partial charge is 0.220 e. The van der Waals surface area contributed by atoms with E-state index in [0.717, 1.165) is 58.5 Å². The molecule has 26 heavy (non-hydrogen) atoms. The molecule has 0 aliphatic carbocycles. The summed E-state index contributed by atoms with van der Waals surface area (Å²) < 4.78 is 5.53. The van der Waals surface area contributed by atoms with E-state index in [4.69, 9.17) is 4.74 Å². The Morgan fingerprint density at radius 2 is 1.92 bits per heavy atom. The summed E-state index contributed by atoms with van der Waals surface area (Å²) in [7, 11) is 0. The van der Waals surface area contributed by atoms with Gasteiger partial charge in [0.25, 0.3) is 0 Å². The van der Waals surface area contributed by atoms with Gasteiger partial charge in [-0.25, -0.2) is 0 Å². The van der Waals surface area contributed by atoms with Crippen LogP contribution in [-0.2, 0) is 9.53 Å². The van der Waals surface area contributed by atoms with Crippen LogP contribution in [0.25, 0.3) is 0 Å². The standard InChI is InChI=1S/C21H33N3O2/c1-17(25)24(19-8-12-22-13-9-19)20(18-6-4-3-5-7-18)16-23-21(2)10-14-26-15-11-21/h3-7,19-20,22-23H,8-16H2,1-2H3/t20-/m0/s1. The summed E-state index contributed by atoms with van der Waals surface area (Å²) >= 11 is 0. The van der Waals surface area contributed by atoms with E-state index in [1.165, 1.54) is 5.56 Å². The number of piperidine rings is 1. The van der Waals surface area contributed by atoms with Crippen molar-refractivity contribution >= 4 is 5.91 Å². The lowest BCUT2D eigenvalue weighted by atomic mass is 9.91. The van der Waals surface area contributed by atoms with Crippen LogP contribution >= 0.6 is 0 Å². The van der Waals surface area contributed by atoms with Gasteiger partial charge in [-0.2, -0.15) is 0 Å². The topological polar surface area (TPSA) is 53.6 Å². The molecule has 1 atom stereocenters. The molecular formula is C21H33N3O2. The average Bonchev–Trinajstić information content (AvgIpc) is 2.67. The first-order valence-corrected chi connectivity index (χ1v) is 9.96. The number of carbonyl (C=O) groups excluding carboxylic acids is 1. The zero-order chi connectivity index (χ0) is 18.4. The van der Waals surface area contributed by atoms with Crippen LogP contribution in [0.1, 0.15) is 51.1 Å². The highest BCUT2D eigenvalue weighted by atomic mass is 16.5. The Balaban J connectivity index is 1.80. The molecule has 0 radical (unpaired) electrons. The molecule has 2 N–H and O–H groups in total. The molecule has 5 heteroatoms. The zero-order valence-electron chi connectivity index (χ0n) is 16.2. The molecule has 2 aliphatic heterocycles. The molecule has 144 valence electrons. The lowest BCUT2D eigenvalue weighted by Crippen LogP contribution is -2.53. The molecule has 1 aromatic rings. The summed E-state index contributed by atoms with van der Waals surface area (Å²) in [5.74, 6) is 0.171. The molecule has 0 unspecified atom stereocenters. The highest BCUT2D eigenvalue weighted by Crippen LogP contribution is 2.28. The third-order valence-electron chi connectivity index (χ3n) is 5.90. The van der Waals surface area contributed by atoms with E-state index >= 15 is 0 Å². The number of benzene rings is 1. The zero-order valence-corrected chi connectivity index (χ0v) is 16.2.